The normalized spacial score (nSPS) is 28.9. The van der Waals surface area contributed by atoms with E-state index in [4.69, 9.17) is 15.8 Å². The average Bonchev–Trinajstić information content (AvgIpc) is 3.98. The molecule has 9 rings (SSSR count). The number of piperidine rings is 2. The Bertz CT molecular complexity index is 1600. The van der Waals surface area contributed by atoms with Crippen molar-refractivity contribution in [2.45, 2.75) is 134 Å². The van der Waals surface area contributed by atoms with E-state index in [2.05, 4.69) is 62.4 Å². The Hall–Kier alpha value is -3.22. The number of hydrogen-bond acceptors (Lipinski definition) is 9. The summed E-state index contributed by atoms with van der Waals surface area (Å²) in [5, 5.41) is 19.4. The predicted molar refractivity (Wildman–Crippen MR) is 195 cm³/mol. The average molecular weight is 674 g/mol. The molecule has 5 N–H and O–H groups in total. The Morgan fingerprint density at radius 1 is 0.980 bits per heavy atom. The van der Waals surface area contributed by atoms with Gasteiger partial charge in [0.2, 0.25) is 11.9 Å². The maximum Gasteiger partial charge on any atom is 0.246 e. The van der Waals surface area contributed by atoms with Crippen LogP contribution in [0.1, 0.15) is 110 Å². The molecule has 0 aromatic carbocycles. The van der Waals surface area contributed by atoms with Gasteiger partial charge in [-0.05, 0) is 108 Å². The lowest BCUT2D eigenvalue weighted by molar-refractivity contribution is -0.127. The summed E-state index contributed by atoms with van der Waals surface area (Å²) in [6.07, 6.45) is 15.3. The number of nitrogens with one attached hydrogen (secondary N) is 3. The van der Waals surface area contributed by atoms with E-state index < -0.39 is 5.54 Å². The van der Waals surface area contributed by atoms with Crippen LogP contribution in [0.2, 0.25) is 0 Å². The highest BCUT2D eigenvalue weighted by Crippen LogP contribution is 2.44. The van der Waals surface area contributed by atoms with Crippen LogP contribution in [0.25, 0.3) is 5.52 Å². The number of H-pyrrole nitrogens is 1. The fourth-order valence-corrected chi connectivity index (χ4v) is 8.48. The van der Waals surface area contributed by atoms with Crippen molar-refractivity contribution in [1.82, 2.24) is 39.9 Å². The summed E-state index contributed by atoms with van der Waals surface area (Å²) in [5.41, 5.74) is 7.10. The maximum atomic E-state index is 14.0. The summed E-state index contributed by atoms with van der Waals surface area (Å²) < 4.78 is 1.84. The number of nitrogens with two attached hydrogens (primary N) is 1. The Kier molecular flexibility index (Phi) is 9.42. The molecule has 12 heteroatoms. The van der Waals surface area contributed by atoms with Crippen LogP contribution in [0.15, 0.2) is 24.4 Å². The third-order valence-electron chi connectivity index (χ3n) is 11.4. The lowest BCUT2D eigenvalue weighted by Crippen LogP contribution is -2.58. The molecule has 6 heterocycles. The van der Waals surface area contributed by atoms with Gasteiger partial charge < -0.3 is 21.3 Å². The van der Waals surface area contributed by atoms with Gasteiger partial charge in [0.1, 0.15) is 11.1 Å². The highest BCUT2D eigenvalue weighted by Gasteiger charge is 2.52. The molecule has 3 aliphatic carbocycles. The fourth-order valence-electron chi connectivity index (χ4n) is 8.48. The molecule has 3 aliphatic heterocycles. The summed E-state index contributed by atoms with van der Waals surface area (Å²) in [7, 11) is 0. The van der Waals surface area contributed by atoms with Gasteiger partial charge in [0.25, 0.3) is 0 Å². The van der Waals surface area contributed by atoms with E-state index in [1.165, 1.54) is 63.6 Å². The molecular formula is C37H59N11O. The molecule has 0 radical (unpaired) electrons. The first-order valence-electron chi connectivity index (χ1n) is 18.6. The number of aromatic amines is 1. The van der Waals surface area contributed by atoms with Crippen LogP contribution in [-0.2, 0) is 4.79 Å². The van der Waals surface area contributed by atoms with E-state index in [9.17, 15) is 4.79 Å². The number of likely N-dealkylation sites (tertiary alicyclic amines) is 2. The van der Waals surface area contributed by atoms with Crippen molar-refractivity contribution in [2.24, 2.45) is 11.1 Å². The molecule has 49 heavy (non-hydrogen) atoms. The summed E-state index contributed by atoms with van der Waals surface area (Å²) in [6, 6.07) is 8.35. The number of carbonyl (C=O) groups excluding carboxylic acids is 1. The van der Waals surface area contributed by atoms with Crippen LogP contribution in [0, 0.1) is 5.41 Å². The lowest BCUT2D eigenvalue weighted by Gasteiger charge is -2.38. The molecular weight excluding hydrogens is 614 g/mol. The van der Waals surface area contributed by atoms with E-state index in [-0.39, 0.29) is 24.8 Å². The maximum absolute atomic E-state index is 14.0. The summed E-state index contributed by atoms with van der Waals surface area (Å²) in [6.45, 7) is 11.8. The van der Waals surface area contributed by atoms with Gasteiger partial charge in [-0.2, -0.15) is 10.1 Å². The molecule has 12 nitrogen and oxygen atoms in total. The second kappa shape index (κ2) is 13.5. The molecule has 0 unspecified atom stereocenters. The zero-order chi connectivity index (χ0) is 33.0. The minimum absolute atomic E-state index is 0. The van der Waals surface area contributed by atoms with Crippen LogP contribution in [0.3, 0.4) is 0 Å². The van der Waals surface area contributed by atoms with Gasteiger partial charge in [-0.25, -0.2) is 4.52 Å². The first-order valence-corrected chi connectivity index (χ1v) is 18.6. The molecule has 268 valence electrons. The first-order chi connectivity index (χ1) is 23.1. The zero-order valence-corrected chi connectivity index (χ0v) is 29.1. The lowest BCUT2D eigenvalue weighted by atomic mass is 9.84. The van der Waals surface area contributed by atoms with E-state index in [1.54, 1.807) is 0 Å². The topological polar surface area (TPSA) is 136 Å². The quantitative estimate of drug-likeness (QED) is 0.260. The Morgan fingerprint density at radius 2 is 1.69 bits per heavy atom. The standard InChI is InChI=1S/C28H39N9O.C8H16N2.CH4/c1-27(2)16-28(3,25(38)29-19-6-4-12-35(15-19)20-10-11-20)36(17-27)26-31-24(22-7-5-13-37(22)34-26)30-23-14-21(32-33-23)18-8-9-18;9-7-2-1-5-10(6-7)8-3-4-8;/h5,7,13-14,18-20H,4,6,8-12,15-17H2,1-3H3,(H,29,38)(H2,30,31,32,33,34);7-8H,1-6,9H2;1H4/t19-,28+;7-;/m11./s1. The Labute approximate surface area is 291 Å². The zero-order valence-electron chi connectivity index (χ0n) is 29.1. The number of anilines is 3. The van der Waals surface area contributed by atoms with E-state index in [0.29, 0.717) is 30.3 Å². The molecule has 3 saturated carbocycles. The highest BCUT2D eigenvalue weighted by atomic mass is 16.2. The number of rotatable bonds is 8. The van der Waals surface area contributed by atoms with Crippen molar-refractivity contribution >= 4 is 29.0 Å². The van der Waals surface area contributed by atoms with E-state index in [0.717, 1.165) is 62.3 Å². The molecule has 1 amide bonds. The predicted octanol–water partition coefficient (Wildman–Crippen LogP) is 5.02. The molecule has 6 fully saturated rings. The second-order valence-corrected chi connectivity index (χ2v) is 16.6. The van der Waals surface area contributed by atoms with Crippen LogP contribution < -0.4 is 21.3 Å². The largest absolute Gasteiger partial charge is 0.350 e. The second-order valence-electron chi connectivity index (χ2n) is 16.6. The smallest absolute Gasteiger partial charge is 0.246 e. The first kappa shape index (κ1) is 34.2. The van der Waals surface area contributed by atoms with Crippen LogP contribution in [-0.4, -0.2) is 103 Å². The van der Waals surface area contributed by atoms with E-state index >= 15 is 0 Å². The van der Waals surface area contributed by atoms with Crippen LogP contribution in [0.5, 0.6) is 0 Å². The molecule has 3 aromatic rings. The summed E-state index contributed by atoms with van der Waals surface area (Å²) in [5.74, 6) is 2.67. The van der Waals surface area contributed by atoms with Crippen molar-refractivity contribution < 1.29 is 4.79 Å². The number of amides is 1. The van der Waals surface area contributed by atoms with Gasteiger partial charge in [0.05, 0.1) is 0 Å². The molecule has 6 aliphatic rings. The minimum atomic E-state index is -0.741. The van der Waals surface area contributed by atoms with Crippen molar-refractivity contribution in [3.63, 3.8) is 0 Å². The van der Waals surface area contributed by atoms with Crippen molar-refractivity contribution in [3.8, 4) is 0 Å². The number of aromatic nitrogens is 5. The minimum Gasteiger partial charge on any atom is -0.350 e. The van der Waals surface area contributed by atoms with Crippen LogP contribution >= 0.6 is 0 Å². The van der Waals surface area contributed by atoms with Crippen molar-refractivity contribution in [3.05, 3.63) is 30.1 Å². The monoisotopic (exact) mass is 673 g/mol. The van der Waals surface area contributed by atoms with Gasteiger partial charge in [0.15, 0.2) is 11.6 Å². The third-order valence-corrected chi connectivity index (χ3v) is 11.4. The molecule has 0 bridgehead atoms. The third kappa shape index (κ3) is 7.61. The number of fused-ring (bicyclic) bond motifs is 1. The molecule has 0 spiro atoms. The highest BCUT2D eigenvalue weighted by molar-refractivity contribution is 5.90. The number of hydrogen-bond donors (Lipinski definition) is 4. The summed E-state index contributed by atoms with van der Waals surface area (Å²) in [4.78, 5) is 26.2. The molecule has 3 atom stereocenters. The van der Waals surface area contributed by atoms with Gasteiger partial charge in [-0.1, -0.05) is 21.3 Å². The number of nitrogens with zero attached hydrogens (tertiary/aromatic N) is 7. The number of carbonyl (C=O) groups is 1. The van der Waals surface area contributed by atoms with Crippen molar-refractivity contribution in [2.75, 3.05) is 42.9 Å². The van der Waals surface area contributed by atoms with Crippen LogP contribution in [0.4, 0.5) is 17.6 Å². The van der Waals surface area contributed by atoms with Gasteiger partial charge in [-0.15, -0.1) is 5.10 Å². The van der Waals surface area contributed by atoms with Gasteiger partial charge >= 0.3 is 0 Å². The molecule has 3 saturated heterocycles. The fraction of sp³-hybridized carbons (Fsp3) is 0.730. The Balaban J connectivity index is 0.000000294. The van der Waals surface area contributed by atoms with Gasteiger partial charge in [-0.3, -0.25) is 19.7 Å². The van der Waals surface area contributed by atoms with Crippen molar-refractivity contribution in [1.29, 1.82) is 0 Å². The van der Waals surface area contributed by atoms with Gasteiger partial charge in [0, 0.05) is 67.7 Å². The summed E-state index contributed by atoms with van der Waals surface area (Å²) >= 11 is 0. The molecule has 3 aromatic heterocycles. The van der Waals surface area contributed by atoms with E-state index in [1.807, 2.05) is 22.8 Å². The Morgan fingerprint density at radius 3 is 2.39 bits per heavy atom. The SMILES string of the molecule is C.CC1(C)CN(c2nc(Nc3cc(C4CC4)[nH]n3)c3cccn3n2)[C@](C)(C(=O)N[C@@H]2CCCN(C3CC3)C2)C1.N[C@@H]1CCCN(C2CC2)C1.